The fraction of sp³-hybridized carbons (Fsp3) is 0.467. The molecule has 0 radical (unpaired) electrons. The number of aliphatic hydroxyl groups is 1. The minimum Gasteiger partial charge on any atom is -0.384 e. The Labute approximate surface area is 108 Å². The van der Waals surface area contributed by atoms with E-state index in [1.165, 1.54) is 5.56 Å². The molecule has 3 heteroatoms. The molecular formula is C15H19NO2. The standard InChI is InChI=1S/C15H19NO2/c1-18-15-8-9-16(12-15)11-14-6-4-13(5-7-14)3-2-10-17/h4-7,15,17H,8-12H2,1H3. The number of aliphatic hydroxyl groups excluding tert-OH is 1. The highest BCUT2D eigenvalue weighted by Crippen LogP contribution is 2.15. The van der Waals surface area contributed by atoms with Gasteiger partial charge in [-0.3, -0.25) is 4.90 Å². The second kappa shape index (κ2) is 6.55. The third-order valence-corrected chi connectivity index (χ3v) is 3.23. The van der Waals surface area contributed by atoms with Gasteiger partial charge in [0.2, 0.25) is 0 Å². The van der Waals surface area contributed by atoms with Crippen molar-refractivity contribution in [2.75, 3.05) is 26.8 Å². The molecule has 96 valence electrons. The minimum atomic E-state index is -0.0893. The van der Waals surface area contributed by atoms with Gasteiger partial charge in [0.1, 0.15) is 6.61 Å². The van der Waals surface area contributed by atoms with E-state index in [1.54, 1.807) is 7.11 Å². The zero-order valence-electron chi connectivity index (χ0n) is 10.7. The Morgan fingerprint density at radius 3 is 2.78 bits per heavy atom. The van der Waals surface area contributed by atoms with Crippen LogP contribution in [-0.4, -0.2) is 42.9 Å². The van der Waals surface area contributed by atoms with Crippen LogP contribution in [0.15, 0.2) is 24.3 Å². The Morgan fingerprint density at radius 1 is 1.39 bits per heavy atom. The van der Waals surface area contributed by atoms with Crippen molar-refractivity contribution in [3.8, 4) is 11.8 Å². The summed E-state index contributed by atoms with van der Waals surface area (Å²) < 4.78 is 5.36. The lowest BCUT2D eigenvalue weighted by molar-refractivity contribution is 0.107. The zero-order valence-corrected chi connectivity index (χ0v) is 10.7. The van der Waals surface area contributed by atoms with Gasteiger partial charge in [-0.2, -0.15) is 0 Å². The Hall–Kier alpha value is -1.34. The smallest absolute Gasteiger partial charge is 0.104 e. The molecule has 1 N–H and O–H groups in total. The van der Waals surface area contributed by atoms with E-state index in [2.05, 4.69) is 28.9 Å². The average Bonchev–Trinajstić information content (AvgIpc) is 2.86. The molecule has 2 rings (SSSR count). The van der Waals surface area contributed by atoms with Crippen LogP contribution in [0.2, 0.25) is 0 Å². The maximum atomic E-state index is 8.63. The van der Waals surface area contributed by atoms with Gasteiger partial charge in [0.25, 0.3) is 0 Å². The molecule has 1 fully saturated rings. The van der Waals surface area contributed by atoms with Crippen LogP contribution in [0.25, 0.3) is 0 Å². The van der Waals surface area contributed by atoms with Crippen LogP contribution in [-0.2, 0) is 11.3 Å². The number of ether oxygens (including phenoxy) is 1. The highest BCUT2D eigenvalue weighted by molar-refractivity contribution is 5.36. The van der Waals surface area contributed by atoms with Crippen molar-refractivity contribution in [1.82, 2.24) is 4.90 Å². The van der Waals surface area contributed by atoms with Crippen molar-refractivity contribution in [2.45, 2.75) is 19.1 Å². The molecule has 18 heavy (non-hydrogen) atoms. The van der Waals surface area contributed by atoms with E-state index in [1.807, 2.05) is 12.1 Å². The summed E-state index contributed by atoms with van der Waals surface area (Å²) in [6, 6.07) is 8.20. The van der Waals surface area contributed by atoms with Crippen molar-refractivity contribution in [3.05, 3.63) is 35.4 Å². The first-order valence-corrected chi connectivity index (χ1v) is 6.25. The van der Waals surface area contributed by atoms with Gasteiger partial charge in [0, 0.05) is 32.3 Å². The second-order valence-electron chi connectivity index (χ2n) is 4.54. The molecule has 0 aliphatic carbocycles. The number of rotatable bonds is 3. The Kier molecular flexibility index (Phi) is 4.77. The molecule has 0 saturated carbocycles. The molecule has 1 heterocycles. The minimum absolute atomic E-state index is 0.0893. The molecule has 1 atom stereocenters. The van der Waals surface area contributed by atoms with E-state index >= 15 is 0 Å². The van der Waals surface area contributed by atoms with Crippen LogP contribution in [0.5, 0.6) is 0 Å². The van der Waals surface area contributed by atoms with Gasteiger partial charge in [0.05, 0.1) is 6.10 Å². The first-order valence-electron chi connectivity index (χ1n) is 6.25. The molecule has 0 amide bonds. The lowest BCUT2D eigenvalue weighted by Gasteiger charge is -2.15. The fourth-order valence-electron chi connectivity index (χ4n) is 2.23. The summed E-state index contributed by atoms with van der Waals surface area (Å²) in [7, 11) is 1.78. The summed E-state index contributed by atoms with van der Waals surface area (Å²) in [5, 5.41) is 8.63. The number of hydrogen-bond acceptors (Lipinski definition) is 3. The number of hydrogen-bond donors (Lipinski definition) is 1. The van der Waals surface area contributed by atoms with Gasteiger partial charge in [-0.1, -0.05) is 24.0 Å². The van der Waals surface area contributed by atoms with Crippen molar-refractivity contribution >= 4 is 0 Å². The molecule has 1 aliphatic rings. The summed E-state index contributed by atoms with van der Waals surface area (Å²) in [6.45, 7) is 2.99. The molecule has 3 nitrogen and oxygen atoms in total. The van der Waals surface area contributed by atoms with E-state index in [0.717, 1.165) is 31.6 Å². The summed E-state index contributed by atoms with van der Waals surface area (Å²) in [6.07, 6.45) is 1.51. The van der Waals surface area contributed by atoms with E-state index in [0.29, 0.717) is 6.10 Å². The predicted molar refractivity (Wildman–Crippen MR) is 71.1 cm³/mol. The third kappa shape index (κ3) is 3.58. The molecule has 0 spiro atoms. The van der Waals surface area contributed by atoms with Gasteiger partial charge < -0.3 is 9.84 Å². The molecule has 1 aromatic rings. The van der Waals surface area contributed by atoms with Crippen molar-refractivity contribution in [3.63, 3.8) is 0 Å². The topological polar surface area (TPSA) is 32.7 Å². The lowest BCUT2D eigenvalue weighted by Crippen LogP contribution is -2.22. The average molecular weight is 245 g/mol. The van der Waals surface area contributed by atoms with Crippen LogP contribution in [0.1, 0.15) is 17.5 Å². The maximum Gasteiger partial charge on any atom is 0.104 e. The van der Waals surface area contributed by atoms with Gasteiger partial charge >= 0.3 is 0 Å². The highest BCUT2D eigenvalue weighted by atomic mass is 16.5. The van der Waals surface area contributed by atoms with E-state index in [9.17, 15) is 0 Å². The van der Waals surface area contributed by atoms with Gasteiger partial charge in [-0.25, -0.2) is 0 Å². The number of benzene rings is 1. The SMILES string of the molecule is COC1CCN(Cc2ccc(C#CCO)cc2)C1. The lowest BCUT2D eigenvalue weighted by atomic mass is 10.1. The van der Waals surface area contributed by atoms with Crippen LogP contribution in [0, 0.1) is 11.8 Å². The molecule has 0 bridgehead atoms. The Bertz CT molecular complexity index is 430. The maximum absolute atomic E-state index is 8.63. The number of likely N-dealkylation sites (tertiary alicyclic amines) is 1. The Morgan fingerprint density at radius 2 is 2.17 bits per heavy atom. The summed E-state index contributed by atoms with van der Waals surface area (Å²) in [5.74, 6) is 5.55. The van der Waals surface area contributed by atoms with Crippen molar-refractivity contribution in [2.24, 2.45) is 0 Å². The van der Waals surface area contributed by atoms with Crippen molar-refractivity contribution in [1.29, 1.82) is 0 Å². The molecule has 1 aromatic carbocycles. The predicted octanol–water partition coefficient (Wildman–Crippen LogP) is 1.25. The summed E-state index contributed by atoms with van der Waals surface area (Å²) in [5.41, 5.74) is 2.24. The van der Waals surface area contributed by atoms with Gasteiger partial charge in [-0.15, -0.1) is 0 Å². The number of nitrogens with zero attached hydrogens (tertiary/aromatic N) is 1. The van der Waals surface area contributed by atoms with Crippen molar-refractivity contribution < 1.29 is 9.84 Å². The number of methoxy groups -OCH3 is 1. The van der Waals surface area contributed by atoms with Gasteiger partial charge in [-0.05, 0) is 24.1 Å². The Balaban J connectivity index is 1.90. The quantitative estimate of drug-likeness (QED) is 0.814. The zero-order chi connectivity index (χ0) is 12.8. The van der Waals surface area contributed by atoms with Crippen LogP contribution >= 0.6 is 0 Å². The summed E-state index contributed by atoms with van der Waals surface area (Å²) in [4.78, 5) is 2.41. The van der Waals surface area contributed by atoms with Crippen LogP contribution in [0.3, 0.4) is 0 Å². The van der Waals surface area contributed by atoms with Crippen LogP contribution < -0.4 is 0 Å². The van der Waals surface area contributed by atoms with Gasteiger partial charge in [0.15, 0.2) is 0 Å². The molecular weight excluding hydrogens is 226 g/mol. The normalized spacial score (nSPS) is 19.6. The van der Waals surface area contributed by atoms with E-state index in [4.69, 9.17) is 9.84 Å². The molecule has 1 aliphatic heterocycles. The molecule has 1 unspecified atom stereocenters. The first-order chi connectivity index (χ1) is 8.81. The third-order valence-electron chi connectivity index (χ3n) is 3.23. The van der Waals surface area contributed by atoms with Crippen LogP contribution in [0.4, 0.5) is 0 Å². The monoisotopic (exact) mass is 245 g/mol. The second-order valence-corrected chi connectivity index (χ2v) is 4.54. The first kappa shape index (κ1) is 13.1. The largest absolute Gasteiger partial charge is 0.384 e. The molecule has 0 aromatic heterocycles. The fourth-order valence-corrected chi connectivity index (χ4v) is 2.23. The highest BCUT2D eigenvalue weighted by Gasteiger charge is 2.21. The van der Waals surface area contributed by atoms with E-state index in [-0.39, 0.29) is 6.61 Å². The summed E-state index contributed by atoms with van der Waals surface area (Å²) >= 11 is 0. The van der Waals surface area contributed by atoms with E-state index < -0.39 is 0 Å². The molecule has 1 saturated heterocycles.